The lowest BCUT2D eigenvalue weighted by Gasteiger charge is -2.12. The van der Waals surface area contributed by atoms with Gasteiger partial charge < -0.3 is 5.32 Å². The van der Waals surface area contributed by atoms with Gasteiger partial charge in [-0.25, -0.2) is 0 Å². The quantitative estimate of drug-likeness (QED) is 0.466. The van der Waals surface area contributed by atoms with Crippen molar-refractivity contribution in [2.75, 3.05) is 12.3 Å². The molecule has 0 saturated heterocycles. The zero-order chi connectivity index (χ0) is 14.1. The van der Waals surface area contributed by atoms with E-state index < -0.39 is 0 Å². The SMILES string of the molecule is CCCNC(C)CCCCSc1cc(Cl)ccc1Cl. The van der Waals surface area contributed by atoms with E-state index in [1.807, 2.05) is 18.2 Å². The number of benzene rings is 1. The molecule has 0 aliphatic carbocycles. The maximum Gasteiger partial charge on any atom is 0.0542 e. The average Bonchev–Trinajstić information content (AvgIpc) is 2.39. The molecular weight excluding hydrogens is 297 g/mol. The van der Waals surface area contributed by atoms with Gasteiger partial charge in [0.15, 0.2) is 0 Å². The first kappa shape index (κ1) is 17.2. The van der Waals surface area contributed by atoms with Crippen LogP contribution < -0.4 is 5.32 Å². The van der Waals surface area contributed by atoms with Crippen molar-refractivity contribution in [3.8, 4) is 0 Å². The minimum atomic E-state index is 0.625. The van der Waals surface area contributed by atoms with Crippen molar-refractivity contribution < 1.29 is 0 Å². The van der Waals surface area contributed by atoms with Crippen LogP contribution in [0.25, 0.3) is 0 Å². The summed E-state index contributed by atoms with van der Waals surface area (Å²) in [6.45, 7) is 5.58. The number of rotatable bonds is 9. The molecule has 0 saturated carbocycles. The molecule has 0 radical (unpaired) electrons. The van der Waals surface area contributed by atoms with Crippen molar-refractivity contribution in [1.29, 1.82) is 0 Å². The molecule has 1 unspecified atom stereocenters. The van der Waals surface area contributed by atoms with Gasteiger partial charge in [0.25, 0.3) is 0 Å². The lowest BCUT2D eigenvalue weighted by molar-refractivity contribution is 0.496. The summed E-state index contributed by atoms with van der Waals surface area (Å²) in [4.78, 5) is 1.09. The van der Waals surface area contributed by atoms with Crippen LogP contribution in [-0.2, 0) is 0 Å². The third-order valence-electron chi connectivity index (χ3n) is 2.93. The number of unbranched alkanes of at least 4 members (excludes halogenated alkanes) is 1. The van der Waals surface area contributed by atoms with Crippen LogP contribution in [0.5, 0.6) is 0 Å². The Balaban J connectivity index is 2.15. The molecule has 1 nitrogen and oxygen atoms in total. The second-order valence-corrected chi connectivity index (χ2v) is 6.75. The minimum Gasteiger partial charge on any atom is -0.314 e. The number of hydrogen-bond acceptors (Lipinski definition) is 2. The summed E-state index contributed by atoms with van der Waals surface area (Å²) in [5, 5.41) is 5.06. The first-order chi connectivity index (χ1) is 9.13. The molecule has 0 fully saturated rings. The largest absolute Gasteiger partial charge is 0.314 e. The summed E-state index contributed by atoms with van der Waals surface area (Å²) in [6, 6.07) is 6.26. The highest BCUT2D eigenvalue weighted by Crippen LogP contribution is 2.30. The molecule has 0 aliphatic rings. The Morgan fingerprint density at radius 3 is 2.79 bits per heavy atom. The third kappa shape index (κ3) is 7.45. The Labute approximate surface area is 131 Å². The van der Waals surface area contributed by atoms with Crippen LogP contribution in [0.3, 0.4) is 0 Å². The topological polar surface area (TPSA) is 12.0 Å². The predicted octanol–water partition coefficient (Wildman–Crippen LogP) is 5.64. The van der Waals surface area contributed by atoms with Crippen LogP contribution in [0.1, 0.15) is 39.5 Å². The highest BCUT2D eigenvalue weighted by Gasteiger charge is 2.03. The Hall–Kier alpha value is 0.110. The maximum absolute atomic E-state index is 6.13. The summed E-state index contributed by atoms with van der Waals surface area (Å²) in [6.07, 6.45) is 4.91. The Kier molecular flexibility index (Phi) is 8.97. The van der Waals surface area contributed by atoms with Crippen molar-refractivity contribution in [2.24, 2.45) is 0 Å². The van der Waals surface area contributed by atoms with Gasteiger partial charge in [0, 0.05) is 16.0 Å². The van der Waals surface area contributed by atoms with E-state index in [0.29, 0.717) is 6.04 Å². The number of thioether (sulfide) groups is 1. The number of hydrogen-bond donors (Lipinski definition) is 1. The third-order valence-corrected chi connectivity index (χ3v) is 4.74. The molecule has 0 aliphatic heterocycles. The zero-order valence-electron chi connectivity index (χ0n) is 11.7. The molecule has 1 aromatic carbocycles. The molecule has 1 aromatic rings. The lowest BCUT2D eigenvalue weighted by Crippen LogP contribution is -2.26. The summed E-state index contributed by atoms with van der Waals surface area (Å²) >= 11 is 13.9. The zero-order valence-corrected chi connectivity index (χ0v) is 14.0. The average molecular weight is 320 g/mol. The van der Waals surface area contributed by atoms with Crippen LogP contribution in [0, 0.1) is 0 Å². The van der Waals surface area contributed by atoms with E-state index in [1.165, 1.54) is 25.7 Å². The van der Waals surface area contributed by atoms with Crippen molar-refractivity contribution in [3.63, 3.8) is 0 Å². The summed E-state index contributed by atoms with van der Waals surface area (Å²) < 4.78 is 0. The van der Waals surface area contributed by atoms with E-state index in [9.17, 15) is 0 Å². The van der Waals surface area contributed by atoms with Crippen molar-refractivity contribution in [2.45, 2.75) is 50.5 Å². The molecule has 0 aromatic heterocycles. The first-order valence-electron chi connectivity index (χ1n) is 6.94. The van der Waals surface area contributed by atoms with Gasteiger partial charge in [0.05, 0.1) is 5.02 Å². The van der Waals surface area contributed by atoms with Crippen LogP contribution in [0.2, 0.25) is 10.0 Å². The first-order valence-corrected chi connectivity index (χ1v) is 8.69. The standard InChI is InChI=1S/C15H23Cl2NS/c1-3-9-18-12(2)6-4-5-10-19-15-11-13(16)7-8-14(15)17/h7-8,11-12,18H,3-6,9-10H2,1-2H3. The molecule has 19 heavy (non-hydrogen) atoms. The minimum absolute atomic E-state index is 0.625. The van der Waals surface area contributed by atoms with Crippen LogP contribution >= 0.6 is 35.0 Å². The number of nitrogens with one attached hydrogen (secondary N) is 1. The predicted molar refractivity (Wildman–Crippen MR) is 88.8 cm³/mol. The Morgan fingerprint density at radius 2 is 2.05 bits per heavy atom. The van der Waals surface area contributed by atoms with Gasteiger partial charge in [-0.2, -0.15) is 0 Å². The van der Waals surface area contributed by atoms with Gasteiger partial charge in [-0.3, -0.25) is 0 Å². The van der Waals surface area contributed by atoms with Crippen molar-refractivity contribution >= 4 is 35.0 Å². The smallest absolute Gasteiger partial charge is 0.0542 e. The van der Waals surface area contributed by atoms with Crippen LogP contribution in [-0.4, -0.2) is 18.3 Å². The second kappa shape index (κ2) is 9.93. The highest BCUT2D eigenvalue weighted by molar-refractivity contribution is 7.99. The Bertz CT molecular complexity index is 371. The van der Waals surface area contributed by atoms with Gasteiger partial charge in [-0.1, -0.05) is 36.5 Å². The van der Waals surface area contributed by atoms with E-state index in [0.717, 1.165) is 27.2 Å². The molecule has 1 rings (SSSR count). The van der Waals surface area contributed by atoms with E-state index >= 15 is 0 Å². The summed E-state index contributed by atoms with van der Waals surface area (Å²) in [7, 11) is 0. The fourth-order valence-corrected chi connectivity index (χ4v) is 3.32. The second-order valence-electron chi connectivity index (χ2n) is 4.77. The monoisotopic (exact) mass is 319 g/mol. The summed E-state index contributed by atoms with van der Waals surface area (Å²) in [5.74, 6) is 1.10. The lowest BCUT2D eigenvalue weighted by atomic mass is 10.1. The van der Waals surface area contributed by atoms with Gasteiger partial charge in [-0.05, 0) is 56.7 Å². The number of halogens is 2. The molecule has 108 valence electrons. The normalized spacial score (nSPS) is 12.6. The van der Waals surface area contributed by atoms with E-state index in [4.69, 9.17) is 23.2 Å². The van der Waals surface area contributed by atoms with Gasteiger partial charge in [0.1, 0.15) is 0 Å². The van der Waals surface area contributed by atoms with Crippen molar-refractivity contribution in [1.82, 2.24) is 5.32 Å². The van der Waals surface area contributed by atoms with Gasteiger partial charge >= 0.3 is 0 Å². The van der Waals surface area contributed by atoms with E-state index in [-0.39, 0.29) is 0 Å². The molecule has 0 bridgehead atoms. The molecular formula is C15H23Cl2NS. The molecule has 4 heteroatoms. The van der Waals surface area contributed by atoms with Crippen LogP contribution in [0.4, 0.5) is 0 Å². The molecule has 0 heterocycles. The molecule has 1 atom stereocenters. The van der Waals surface area contributed by atoms with Gasteiger partial charge in [0.2, 0.25) is 0 Å². The fraction of sp³-hybridized carbons (Fsp3) is 0.600. The van der Waals surface area contributed by atoms with E-state index in [2.05, 4.69) is 19.2 Å². The Morgan fingerprint density at radius 1 is 1.26 bits per heavy atom. The summed E-state index contributed by atoms with van der Waals surface area (Å²) in [5.41, 5.74) is 0. The molecule has 0 spiro atoms. The highest BCUT2D eigenvalue weighted by atomic mass is 35.5. The molecule has 1 N–H and O–H groups in total. The van der Waals surface area contributed by atoms with Crippen molar-refractivity contribution in [3.05, 3.63) is 28.2 Å². The van der Waals surface area contributed by atoms with Gasteiger partial charge in [-0.15, -0.1) is 11.8 Å². The molecule has 0 amide bonds. The fourth-order valence-electron chi connectivity index (χ4n) is 1.82. The maximum atomic E-state index is 6.13. The van der Waals surface area contributed by atoms with E-state index in [1.54, 1.807) is 11.8 Å². The van der Waals surface area contributed by atoms with Crippen LogP contribution in [0.15, 0.2) is 23.1 Å².